The molecular weight excluding hydrogens is 491 g/mol. The summed E-state index contributed by atoms with van der Waals surface area (Å²) >= 11 is 13.3. The average molecular weight is 513 g/mol. The van der Waals surface area contributed by atoms with Gasteiger partial charge in [0.25, 0.3) is 5.91 Å². The number of carbonyl (C=O) groups excluding carboxylic acids is 1. The van der Waals surface area contributed by atoms with E-state index >= 15 is 0 Å². The molecule has 0 saturated carbocycles. The van der Waals surface area contributed by atoms with E-state index in [2.05, 4.69) is 10.3 Å². The van der Waals surface area contributed by atoms with Gasteiger partial charge in [0.1, 0.15) is 6.61 Å². The predicted octanol–water partition coefficient (Wildman–Crippen LogP) is 7.17. The Morgan fingerprint density at radius 2 is 1.74 bits per heavy atom. The molecule has 1 N–H and O–H groups in total. The summed E-state index contributed by atoms with van der Waals surface area (Å²) in [4.78, 5) is 17.6. The second-order valence-electron chi connectivity index (χ2n) is 7.47. The van der Waals surface area contributed by atoms with Crippen LogP contribution >= 0.6 is 35.0 Å². The normalized spacial score (nSPS) is 15.6. The maximum Gasteiger partial charge on any atom is 0.264 e. The van der Waals surface area contributed by atoms with Crippen molar-refractivity contribution in [2.75, 3.05) is 6.61 Å². The minimum Gasteiger partial charge on any atom is -0.490 e. The Hall–Kier alpha value is -2.93. The van der Waals surface area contributed by atoms with Crippen molar-refractivity contribution < 1.29 is 14.3 Å². The van der Waals surface area contributed by atoms with Crippen molar-refractivity contribution in [2.45, 2.75) is 20.5 Å². The van der Waals surface area contributed by atoms with Crippen LogP contribution in [0.5, 0.6) is 11.5 Å². The summed E-state index contributed by atoms with van der Waals surface area (Å²) in [6.45, 7) is 4.72. The Kier molecular flexibility index (Phi) is 7.83. The smallest absolute Gasteiger partial charge is 0.264 e. The molecule has 0 radical (unpaired) electrons. The van der Waals surface area contributed by atoms with Crippen LogP contribution in [-0.2, 0) is 11.4 Å². The van der Waals surface area contributed by atoms with Gasteiger partial charge in [0.2, 0.25) is 0 Å². The van der Waals surface area contributed by atoms with Crippen LogP contribution in [0.2, 0.25) is 10.0 Å². The van der Waals surface area contributed by atoms with Gasteiger partial charge in [0, 0.05) is 10.0 Å². The number of hydrogen-bond acceptors (Lipinski definition) is 5. The minimum atomic E-state index is -0.198. The van der Waals surface area contributed by atoms with Crippen LogP contribution < -0.4 is 14.8 Å². The molecule has 0 atom stereocenters. The van der Waals surface area contributed by atoms with Crippen molar-refractivity contribution in [1.29, 1.82) is 0 Å². The minimum absolute atomic E-state index is 0.198. The van der Waals surface area contributed by atoms with Crippen molar-refractivity contribution in [2.24, 2.45) is 4.99 Å². The fourth-order valence-electron chi connectivity index (χ4n) is 3.23. The van der Waals surface area contributed by atoms with E-state index in [0.717, 1.165) is 22.4 Å². The zero-order valence-corrected chi connectivity index (χ0v) is 20.9. The molecule has 1 aliphatic heterocycles. The number of nitrogens with one attached hydrogen (secondary N) is 1. The van der Waals surface area contributed by atoms with Crippen LogP contribution in [0.1, 0.15) is 23.6 Å². The third-order valence-electron chi connectivity index (χ3n) is 4.90. The quantitative estimate of drug-likeness (QED) is 0.340. The first-order chi connectivity index (χ1) is 16.4. The number of thioether (sulfide) groups is 1. The molecule has 34 heavy (non-hydrogen) atoms. The number of rotatable bonds is 7. The van der Waals surface area contributed by atoms with E-state index in [-0.39, 0.29) is 5.91 Å². The second kappa shape index (κ2) is 11.0. The number of benzene rings is 3. The van der Waals surface area contributed by atoms with Gasteiger partial charge in [-0.1, -0.05) is 41.4 Å². The van der Waals surface area contributed by atoms with E-state index in [9.17, 15) is 4.79 Å². The van der Waals surface area contributed by atoms with Gasteiger partial charge in [-0.2, -0.15) is 0 Å². The van der Waals surface area contributed by atoms with Crippen molar-refractivity contribution in [1.82, 2.24) is 5.32 Å². The van der Waals surface area contributed by atoms with Crippen LogP contribution in [0.25, 0.3) is 6.08 Å². The molecule has 174 valence electrons. The molecule has 1 aliphatic rings. The largest absolute Gasteiger partial charge is 0.490 e. The highest BCUT2D eigenvalue weighted by atomic mass is 35.5. The summed E-state index contributed by atoms with van der Waals surface area (Å²) in [5.41, 5.74) is 3.51. The van der Waals surface area contributed by atoms with E-state index in [4.69, 9.17) is 32.7 Å². The number of hydrogen-bond donors (Lipinski definition) is 1. The molecule has 1 amide bonds. The van der Waals surface area contributed by atoms with Crippen LogP contribution in [0.4, 0.5) is 5.69 Å². The van der Waals surface area contributed by atoms with E-state index in [1.165, 1.54) is 11.8 Å². The molecule has 0 aliphatic carbocycles. The summed E-state index contributed by atoms with van der Waals surface area (Å²) in [6.07, 6.45) is 1.81. The lowest BCUT2D eigenvalue weighted by molar-refractivity contribution is -0.115. The lowest BCUT2D eigenvalue weighted by Gasteiger charge is -2.13. The third kappa shape index (κ3) is 6.14. The van der Waals surface area contributed by atoms with Gasteiger partial charge < -0.3 is 14.8 Å². The fourth-order valence-corrected chi connectivity index (χ4v) is 4.42. The molecular formula is C26H22Cl2N2O3S. The van der Waals surface area contributed by atoms with E-state index in [1.807, 2.05) is 74.5 Å². The Morgan fingerprint density at radius 3 is 2.47 bits per heavy atom. The summed E-state index contributed by atoms with van der Waals surface area (Å²) in [7, 11) is 0. The van der Waals surface area contributed by atoms with Crippen molar-refractivity contribution in [3.63, 3.8) is 0 Å². The maximum absolute atomic E-state index is 12.5. The summed E-state index contributed by atoms with van der Waals surface area (Å²) in [5, 5.41) is 4.67. The molecule has 1 heterocycles. The average Bonchev–Trinajstić information content (AvgIpc) is 3.15. The molecule has 1 fully saturated rings. The number of amidine groups is 1. The summed E-state index contributed by atoms with van der Waals surface area (Å²) < 4.78 is 11.7. The van der Waals surface area contributed by atoms with E-state index < -0.39 is 0 Å². The van der Waals surface area contributed by atoms with Crippen LogP contribution in [0.15, 0.2) is 70.6 Å². The number of aryl methyl sites for hydroxylation is 1. The van der Waals surface area contributed by atoms with Gasteiger partial charge in [-0.15, -0.1) is 0 Å². The first-order valence-corrected chi connectivity index (χ1v) is 12.2. The molecule has 1 saturated heterocycles. The SMILES string of the molecule is CCOc1cc(/C=C2\SC(=Nc3ccc(Cl)cc3C)NC2=O)ccc1OCc1ccc(Cl)cc1. The Balaban J connectivity index is 1.51. The highest BCUT2D eigenvalue weighted by Crippen LogP contribution is 2.33. The van der Waals surface area contributed by atoms with Gasteiger partial charge in [0.15, 0.2) is 16.7 Å². The van der Waals surface area contributed by atoms with Gasteiger partial charge >= 0.3 is 0 Å². The van der Waals surface area contributed by atoms with Crippen LogP contribution in [0.3, 0.4) is 0 Å². The molecule has 8 heteroatoms. The first-order valence-electron chi connectivity index (χ1n) is 10.6. The van der Waals surface area contributed by atoms with Crippen molar-refractivity contribution in [3.8, 4) is 11.5 Å². The first kappa shape index (κ1) is 24.2. The molecule has 0 spiro atoms. The second-order valence-corrected chi connectivity index (χ2v) is 9.37. The molecule has 3 aromatic carbocycles. The zero-order valence-electron chi connectivity index (χ0n) is 18.6. The van der Waals surface area contributed by atoms with Crippen molar-refractivity contribution in [3.05, 3.63) is 92.3 Å². The lowest BCUT2D eigenvalue weighted by atomic mass is 10.2. The van der Waals surface area contributed by atoms with Gasteiger partial charge in [-0.3, -0.25) is 4.79 Å². The molecule has 0 bridgehead atoms. The van der Waals surface area contributed by atoms with Gasteiger partial charge in [0.05, 0.1) is 17.2 Å². The van der Waals surface area contributed by atoms with Crippen LogP contribution in [0, 0.1) is 6.92 Å². The monoisotopic (exact) mass is 512 g/mol. The van der Waals surface area contributed by atoms with E-state index in [0.29, 0.717) is 44.8 Å². The van der Waals surface area contributed by atoms with Gasteiger partial charge in [-0.25, -0.2) is 4.99 Å². The fraction of sp³-hybridized carbons (Fsp3) is 0.154. The molecule has 3 aromatic rings. The highest BCUT2D eigenvalue weighted by Gasteiger charge is 2.24. The highest BCUT2D eigenvalue weighted by molar-refractivity contribution is 8.18. The third-order valence-corrected chi connectivity index (χ3v) is 6.30. The van der Waals surface area contributed by atoms with E-state index in [1.54, 1.807) is 6.07 Å². The zero-order chi connectivity index (χ0) is 24.1. The molecule has 0 aromatic heterocycles. The number of halogens is 2. The Morgan fingerprint density at radius 1 is 0.971 bits per heavy atom. The molecule has 5 nitrogen and oxygen atoms in total. The lowest BCUT2D eigenvalue weighted by Crippen LogP contribution is -2.19. The topological polar surface area (TPSA) is 59.9 Å². The van der Waals surface area contributed by atoms with Crippen molar-refractivity contribution >= 4 is 57.8 Å². The molecule has 0 unspecified atom stereocenters. The number of aliphatic imine (C=N–C) groups is 1. The number of nitrogens with zero attached hydrogens (tertiary/aromatic N) is 1. The summed E-state index contributed by atoms with van der Waals surface area (Å²) in [5.74, 6) is 1.04. The number of carbonyl (C=O) groups is 1. The maximum atomic E-state index is 12.5. The van der Waals surface area contributed by atoms with Crippen LogP contribution in [-0.4, -0.2) is 17.7 Å². The molecule has 4 rings (SSSR count). The number of amides is 1. The predicted molar refractivity (Wildman–Crippen MR) is 140 cm³/mol. The summed E-state index contributed by atoms with van der Waals surface area (Å²) in [6, 6.07) is 18.5. The Bertz CT molecular complexity index is 1270. The van der Waals surface area contributed by atoms with Gasteiger partial charge in [-0.05, 0) is 90.8 Å². The number of ether oxygens (including phenoxy) is 2. The standard InChI is InChI=1S/C26H22Cl2N2O3S/c1-3-32-23-13-18(6-11-22(23)33-15-17-4-7-19(27)8-5-17)14-24-25(31)30-26(34-24)29-21-10-9-20(28)12-16(21)2/h4-14H,3,15H2,1-2H3,(H,29,30,31)/b24-14-. The Labute approximate surface area is 212 Å².